The van der Waals surface area contributed by atoms with E-state index in [0.717, 1.165) is 21.7 Å². The van der Waals surface area contributed by atoms with Crippen LogP contribution in [0.15, 0.2) is 27.7 Å². The van der Waals surface area contributed by atoms with Gasteiger partial charge in [0.05, 0.1) is 5.39 Å². The van der Waals surface area contributed by atoms with E-state index in [0.29, 0.717) is 24.1 Å². The maximum Gasteiger partial charge on any atom is 0.263 e. The Labute approximate surface area is 147 Å². The SMILES string of the molecule is CCCc1nc2scc(-c3cccs3)c2c(=O)n1C(CC)C(N)=O. The molecule has 7 heteroatoms. The number of rotatable bonds is 6. The number of aryl methyl sites for hydroxylation is 1. The molecule has 0 radical (unpaired) electrons. The van der Waals surface area contributed by atoms with Crippen molar-refractivity contribution in [1.82, 2.24) is 9.55 Å². The lowest BCUT2D eigenvalue weighted by Gasteiger charge is -2.19. The molecular weight excluding hydrogens is 342 g/mol. The van der Waals surface area contributed by atoms with Crippen molar-refractivity contribution in [2.24, 2.45) is 5.73 Å². The van der Waals surface area contributed by atoms with Gasteiger partial charge in [-0.25, -0.2) is 4.98 Å². The normalized spacial score (nSPS) is 12.6. The molecule has 0 bridgehead atoms. The minimum absolute atomic E-state index is 0.168. The summed E-state index contributed by atoms with van der Waals surface area (Å²) in [6, 6.07) is 3.28. The molecule has 3 rings (SSSR count). The Morgan fingerprint density at radius 2 is 2.17 bits per heavy atom. The summed E-state index contributed by atoms with van der Waals surface area (Å²) in [5.41, 5.74) is 6.26. The molecular formula is C17H19N3O2S2. The van der Waals surface area contributed by atoms with Crippen molar-refractivity contribution in [3.63, 3.8) is 0 Å². The van der Waals surface area contributed by atoms with E-state index in [4.69, 9.17) is 5.73 Å². The van der Waals surface area contributed by atoms with Crippen LogP contribution in [0.5, 0.6) is 0 Å². The molecule has 0 aliphatic carbocycles. The van der Waals surface area contributed by atoms with E-state index in [1.165, 1.54) is 15.9 Å². The second kappa shape index (κ2) is 6.86. The quantitative estimate of drug-likeness (QED) is 0.729. The molecule has 3 aromatic heterocycles. The van der Waals surface area contributed by atoms with Gasteiger partial charge >= 0.3 is 0 Å². The fourth-order valence-electron chi connectivity index (χ4n) is 2.89. The maximum atomic E-state index is 13.2. The number of nitrogens with zero attached hydrogens (tertiary/aromatic N) is 2. The first-order valence-electron chi connectivity index (χ1n) is 7.94. The monoisotopic (exact) mass is 361 g/mol. The van der Waals surface area contributed by atoms with E-state index in [-0.39, 0.29) is 5.56 Å². The van der Waals surface area contributed by atoms with Gasteiger partial charge in [-0.15, -0.1) is 22.7 Å². The van der Waals surface area contributed by atoms with Gasteiger partial charge in [0.15, 0.2) is 0 Å². The first-order chi connectivity index (χ1) is 11.6. The van der Waals surface area contributed by atoms with E-state index >= 15 is 0 Å². The van der Waals surface area contributed by atoms with Gasteiger partial charge in [-0.05, 0) is 24.3 Å². The number of amides is 1. The number of hydrogen-bond donors (Lipinski definition) is 1. The molecule has 3 aromatic rings. The Morgan fingerprint density at radius 1 is 1.38 bits per heavy atom. The Balaban J connectivity index is 2.33. The third-order valence-corrected chi connectivity index (χ3v) is 5.78. The average Bonchev–Trinajstić information content (AvgIpc) is 3.19. The topological polar surface area (TPSA) is 78.0 Å². The zero-order valence-electron chi connectivity index (χ0n) is 13.6. The summed E-state index contributed by atoms with van der Waals surface area (Å²) in [6.07, 6.45) is 1.95. The molecule has 0 fully saturated rings. The summed E-state index contributed by atoms with van der Waals surface area (Å²) < 4.78 is 1.51. The van der Waals surface area contributed by atoms with E-state index in [1.807, 2.05) is 36.7 Å². The van der Waals surface area contributed by atoms with Crippen LogP contribution >= 0.6 is 22.7 Å². The second-order valence-electron chi connectivity index (χ2n) is 5.59. The molecule has 2 N–H and O–H groups in total. The van der Waals surface area contributed by atoms with Crippen LogP contribution in [0, 0.1) is 0 Å². The van der Waals surface area contributed by atoms with E-state index in [2.05, 4.69) is 4.98 Å². The highest BCUT2D eigenvalue weighted by Gasteiger charge is 2.24. The van der Waals surface area contributed by atoms with Gasteiger partial charge in [0.1, 0.15) is 16.7 Å². The third kappa shape index (κ3) is 2.78. The number of carbonyl (C=O) groups excluding carboxylic acids is 1. The van der Waals surface area contributed by atoms with Gasteiger partial charge in [-0.1, -0.05) is 19.9 Å². The van der Waals surface area contributed by atoms with Crippen LogP contribution in [0.1, 0.15) is 38.6 Å². The molecule has 0 spiro atoms. The fraction of sp³-hybridized carbons (Fsp3) is 0.353. The highest BCUT2D eigenvalue weighted by atomic mass is 32.1. The highest BCUT2D eigenvalue weighted by molar-refractivity contribution is 7.18. The van der Waals surface area contributed by atoms with Crippen LogP contribution in [-0.2, 0) is 11.2 Å². The van der Waals surface area contributed by atoms with Gasteiger partial charge in [-0.3, -0.25) is 14.2 Å². The van der Waals surface area contributed by atoms with Crippen LogP contribution in [0.2, 0.25) is 0 Å². The van der Waals surface area contributed by atoms with Crippen LogP contribution in [0.3, 0.4) is 0 Å². The minimum Gasteiger partial charge on any atom is -0.368 e. The van der Waals surface area contributed by atoms with Crippen LogP contribution in [0.25, 0.3) is 20.7 Å². The van der Waals surface area contributed by atoms with Crippen molar-refractivity contribution in [1.29, 1.82) is 0 Å². The third-order valence-electron chi connectivity index (χ3n) is 4.00. The lowest BCUT2D eigenvalue weighted by Crippen LogP contribution is -2.36. The molecule has 0 aromatic carbocycles. The Morgan fingerprint density at radius 3 is 2.75 bits per heavy atom. The van der Waals surface area contributed by atoms with E-state index in [9.17, 15) is 9.59 Å². The highest BCUT2D eigenvalue weighted by Crippen LogP contribution is 2.34. The zero-order chi connectivity index (χ0) is 17.3. The van der Waals surface area contributed by atoms with Crippen LogP contribution < -0.4 is 11.3 Å². The second-order valence-corrected chi connectivity index (χ2v) is 7.39. The zero-order valence-corrected chi connectivity index (χ0v) is 15.2. The predicted molar refractivity (Wildman–Crippen MR) is 99.7 cm³/mol. The van der Waals surface area contributed by atoms with Crippen LogP contribution in [-0.4, -0.2) is 15.5 Å². The molecule has 126 valence electrons. The lowest BCUT2D eigenvalue weighted by atomic mass is 10.1. The molecule has 5 nitrogen and oxygen atoms in total. The number of aromatic nitrogens is 2. The maximum absolute atomic E-state index is 13.2. The smallest absolute Gasteiger partial charge is 0.263 e. The summed E-state index contributed by atoms with van der Waals surface area (Å²) in [6.45, 7) is 3.88. The lowest BCUT2D eigenvalue weighted by molar-refractivity contribution is -0.121. The molecule has 1 amide bonds. The van der Waals surface area contributed by atoms with E-state index in [1.54, 1.807) is 11.3 Å². The van der Waals surface area contributed by atoms with Crippen molar-refractivity contribution >= 4 is 38.8 Å². The molecule has 0 saturated heterocycles. The summed E-state index contributed by atoms with van der Waals surface area (Å²) in [5, 5.41) is 4.53. The summed E-state index contributed by atoms with van der Waals surface area (Å²) in [5.74, 6) is 0.145. The molecule has 3 heterocycles. The van der Waals surface area contributed by atoms with Gasteiger partial charge < -0.3 is 5.73 Å². The number of hydrogen-bond acceptors (Lipinski definition) is 5. The number of fused-ring (bicyclic) bond motifs is 1. The van der Waals surface area contributed by atoms with Crippen LogP contribution in [0.4, 0.5) is 0 Å². The number of thiophene rings is 2. The largest absolute Gasteiger partial charge is 0.368 e. The van der Waals surface area contributed by atoms with E-state index < -0.39 is 11.9 Å². The molecule has 1 unspecified atom stereocenters. The number of carbonyl (C=O) groups is 1. The van der Waals surface area contributed by atoms with Gasteiger partial charge in [0.2, 0.25) is 5.91 Å². The predicted octanol–water partition coefficient (Wildman–Crippen LogP) is 3.58. The molecule has 0 aliphatic heterocycles. The molecule has 0 aliphatic rings. The summed E-state index contributed by atoms with van der Waals surface area (Å²) in [7, 11) is 0. The first kappa shape index (κ1) is 16.9. The molecule has 1 atom stereocenters. The minimum atomic E-state index is -0.660. The summed E-state index contributed by atoms with van der Waals surface area (Å²) in [4.78, 5) is 31.5. The summed E-state index contributed by atoms with van der Waals surface area (Å²) >= 11 is 3.05. The Hall–Kier alpha value is -1.99. The first-order valence-corrected chi connectivity index (χ1v) is 9.70. The van der Waals surface area contributed by atoms with Crippen molar-refractivity contribution in [3.8, 4) is 10.4 Å². The van der Waals surface area contributed by atoms with Crippen molar-refractivity contribution in [3.05, 3.63) is 39.1 Å². The standard InChI is InChI=1S/C17H19N3O2S2/c1-3-6-13-19-16-14(10(9-24-16)12-7-5-8-23-12)17(22)20(13)11(4-2)15(18)21/h5,7-9,11H,3-4,6H2,1-2H3,(H2,18,21). The van der Waals surface area contributed by atoms with Gasteiger partial charge in [-0.2, -0.15) is 0 Å². The Kier molecular flexibility index (Phi) is 4.82. The Bertz CT molecular complexity index is 925. The molecule has 0 saturated carbocycles. The van der Waals surface area contributed by atoms with Gasteiger partial charge in [0.25, 0.3) is 5.56 Å². The van der Waals surface area contributed by atoms with Gasteiger partial charge in [0, 0.05) is 22.2 Å². The van der Waals surface area contributed by atoms with Crippen molar-refractivity contribution in [2.45, 2.75) is 39.2 Å². The molecule has 24 heavy (non-hydrogen) atoms. The number of primary amides is 1. The fourth-order valence-corrected chi connectivity index (χ4v) is 4.66. The van der Waals surface area contributed by atoms with Crippen molar-refractivity contribution in [2.75, 3.05) is 0 Å². The average molecular weight is 361 g/mol. The van der Waals surface area contributed by atoms with Crippen molar-refractivity contribution < 1.29 is 4.79 Å². The number of nitrogens with two attached hydrogens (primary N) is 1.